The van der Waals surface area contributed by atoms with E-state index in [1.807, 2.05) is 0 Å². The van der Waals surface area contributed by atoms with Crippen molar-refractivity contribution in [2.24, 2.45) is 0 Å². The Kier molecular flexibility index (Phi) is 1.96. The van der Waals surface area contributed by atoms with Gasteiger partial charge < -0.3 is 0 Å². The molecule has 0 N–H and O–H groups in total. The van der Waals surface area contributed by atoms with Gasteiger partial charge >= 0.3 is 0 Å². The van der Waals surface area contributed by atoms with Crippen LogP contribution in [-0.2, 0) is 6.42 Å². The molecule has 6 heteroatoms. The van der Waals surface area contributed by atoms with E-state index >= 15 is 0 Å². The first-order chi connectivity index (χ1) is 7.11. The van der Waals surface area contributed by atoms with Crippen molar-refractivity contribution in [3.8, 4) is 0 Å². The smallest absolute Gasteiger partial charge is 0.258 e. The van der Waals surface area contributed by atoms with Gasteiger partial charge in [0, 0.05) is 18.1 Å². The minimum absolute atomic E-state index is 0.0475. The lowest BCUT2D eigenvalue weighted by atomic mass is 10.1. The summed E-state index contributed by atoms with van der Waals surface area (Å²) < 4.78 is 0. The molecule has 1 aliphatic rings. The molecular weight excluding hydrogens is 200 g/mol. The van der Waals surface area contributed by atoms with Crippen molar-refractivity contribution in [3.05, 3.63) is 55.6 Å². The van der Waals surface area contributed by atoms with Crippen molar-refractivity contribution >= 4 is 11.4 Å². The van der Waals surface area contributed by atoms with Crippen LogP contribution in [0.5, 0.6) is 0 Å². The summed E-state index contributed by atoms with van der Waals surface area (Å²) in [6, 6.07) is 4.35. The molecule has 1 aromatic carbocycles. The van der Waals surface area contributed by atoms with E-state index in [-0.39, 0.29) is 17.8 Å². The summed E-state index contributed by atoms with van der Waals surface area (Å²) in [5.74, 6) is 0. The summed E-state index contributed by atoms with van der Waals surface area (Å²) in [7, 11) is 0. The molecule has 76 valence electrons. The molecule has 0 unspecified atom stereocenters. The molecule has 0 radical (unpaired) electrons. The number of benzene rings is 1. The Labute approximate surface area is 84.1 Å². The van der Waals surface area contributed by atoms with Crippen LogP contribution in [0.15, 0.2) is 24.3 Å². The predicted molar refractivity (Wildman–Crippen MR) is 51.8 cm³/mol. The molecule has 0 saturated carbocycles. The molecule has 0 spiro atoms. The van der Waals surface area contributed by atoms with E-state index in [0.717, 1.165) is 0 Å². The van der Waals surface area contributed by atoms with Crippen LogP contribution in [-0.4, -0.2) is 9.85 Å². The van der Waals surface area contributed by atoms with Crippen molar-refractivity contribution < 1.29 is 9.85 Å². The van der Waals surface area contributed by atoms with Crippen LogP contribution in [0.25, 0.3) is 5.70 Å². The lowest BCUT2D eigenvalue weighted by molar-refractivity contribution is -0.385. The molecule has 0 saturated heterocycles. The zero-order chi connectivity index (χ0) is 11.0. The molecule has 1 aliphatic carbocycles. The molecule has 6 nitrogen and oxygen atoms in total. The van der Waals surface area contributed by atoms with Gasteiger partial charge in [-0.1, -0.05) is 6.07 Å². The zero-order valence-corrected chi connectivity index (χ0v) is 7.54. The number of allylic oxidation sites excluding steroid dienone is 1. The first-order valence-corrected chi connectivity index (χ1v) is 4.22. The fourth-order valence-corrected chi connectivity index (χ4v) is 1.68. The monoisotopic (exact) mass is 206 g/mol. The van der Waals surface area contributed by atoms with Crippen LogP contribution < -0.4 is 0 Å². The third-order valence-corrected chi connectivity index (χ3v) is 2.32. The summed E-state index contributed by atoms with van der Waals surface area (Å²) in [5, 5.41) is 21.3. The van der Waals surface area contributed by atoms with Crippen molar-refractivity contribution in [1.82, 2.24) is 0 Å². The first-order valence-electron chi connectivity index (χ1n) is 4.22. The highest BCUT2D eigenvalue weighted by atomic mass is 16.6. The molecule has 0 fully saturated rings. The van der Waals surface area contributed by atoms with Crippen LogP contribution in [0.2, 0.25) is 0 Å². The number of hydrogen-bond acceptors (Lipinski definition) is 4. The van der Waals surface area contributed by atoms with Gasteiger partial charge in [0.05, 0.1) is 15.4 Å². The normalized spacial score (nSPS) is 13.2. The quantitative estimate of drug-likeness (QED) is 0.545. The third-order valence-electron chi connectivity index (χ3n) is 2.32. The third kappa shape index (κ3) is 1.35. The lowest BCUT2D eigenvalue weighted by Gasteiger charge is -1.99. The van der Waals surface area contributed by atoms with Gasteiger partial charge in [-0.25, -0.2) is 0 Å². The SMILES string of the molecule is O=[N+]([O-])C1=CCc2c1cccc2[N+](=O)[O-]. The molecule has 0 amide bonds. The van der Waals surface area contributed by atoms with Gasteiger partial charge in [0.1, 0.15) is 0 Å². The summed E-state index contributed by atoms with van der Waals surface area (Å²) in [6.45, 7) is 0. The van der Waals surface area contributed by atoms with E-state index in [4.69, 9.17) is 0 Å². The maximum atomic E-state index is 10.6. The summed E-state index contributed by atoms with van der Waals surface area (Å²) >= 11 is 0. The van der Waals surface area contributed by atoms with Crippen LogP contribution in [0.3, 0.4) is 0 Å². The van der Waals surface area contributed by atoms with Crippen LogP contribution >= 0.6 is 0 Å². The summed E-state index contributed by atoms with van der Waals surface area (Å²) in [6.07, 6.45) is 1.65. The van der Waals surface area contributed by atoms with Crippen molar-refractivity contribution in [2.75, 3.05) is 0 Å². The van der Waals surface area contributed by atoms with Crippen molar-refractivity contribution in [1.29, 1.82) is 0 Å². The highest BCUT2D eigenvalue weighted by Gasteiger charge is 2.29. The van der Waals surface area contributed by atoms with Gasteiger partial charge in [-0.15, -0.1) is 0 Å². The second kappa shape index (κ2) is 3.16. The number of nitro benzene ring substituents is 1. The number of nitro groups is 2. The maximum absolute atomic E-state index is 10.6. The molecule has 2 rings (SSSR count). The van der Waals surface area contributed by atoms with Crippen molar-refractivity contribution in [3.63, 3.8) is 0 Å². The molecule has 0 heterocycles. The minimum Gasteiger partial charge on any atom is -0.258 e. The van der Waals surface area contributed by atoms with E-state index in [2.05, 4.69) is 0 Å². The number of fused-ring (bicyclic) bond motifs is 1. The van der Waals surface area contributed by atoms with Crippen LogP contribution in [0.1, 0.15) is 11.1 Å². The Balaban J connectivity index is 2.57. The molecule has 0 aliphatic heterocycles. The topological polar surface area (TPSA) is 86.3 Å². The van der Waals surface area contributed by atoms with Gasteiger partial charge in [-0.2, -0.15) is 0 Å². The second-order valence-electron chi connectivity index (χ2n) is 3.11. The molecule has 1 aromatic rings. The Morgan fingerprint density at radius 1 is 1.13 bits per heavy atom. The molecule has 0 aromatic heterocycles. The molecule has 0 bridgehead atoms. The Morgan fingerprint density at radius 2 is 1.87 bits per heavy atom. The fourth-order valence-electron chi connectivity index (χ4n) is 1.68. The van der Waals surface area contributed by atoms with Gasteiger partial charge in [0.25, 0.3) is 11.4 Å². The molecule has 15 heavy (non-hydrogen) atoms. The van der Waals surface area contributed by atoms with Crippen LogP contribution in [0.4, 0.5) is 5.69 Å². The largest absolute Gasteiger partial charge is 0.273 e. The standard InChI is InChI=1S/C9H6N2O4/c12-10(13)8-3-1-2-6-7(8)4-5-9(6)11(14)15/h1-3,5H,4H2. The highest BCUT2D eigenvalue weighted by molar-refractivity contribution is 5.71. The van der Waals surface area contributed by atoms with Gasteiger partial charge in [0.2, 0.25) is 0 Å². The van der Waals surface area contributed by atoms with Gasteiger partial charge in [-0.3, -0.25) is 20.2 Å². The van der Waals surface area contributed by atoms with E-state index in [1.54, 1.807) is 0 Å². The van der Waals surface area contributed by atoms with E-state index < -0.39 is 9.85 Å². The van der Waals surface area contributed by atoms with E-state index in [0.29, 0.717) is 11.1 Å². The predicted octanol–water partition coefficient (Wildman–Crippen LogP) is 1.77. The Morgan fingerprint density at radius 3 is 2.47 bits per heavy atom. The Bertz CT molecular complexity index is 493. The van der Waals surface area contributed by atoms with E-state index in [1.165, 1.54) is 24.3 Å². The Hall–Kier alpha value is -2.24. The van der Waals surface area contributed by atoms with E-state index in [9.17, 15) is 20.2 Å². The number of rotatable bonds is 2. The van der Waals surface area contributed by atoms with Crippen molar-refractivity contribution in [2.45, 2.75) is 6.42 Å². The minimum atomic E-state index is -0.518. The van der Waals surface area contributed by atoms with Gasteiger partial charge in [-0.05, 0) is 12.1 Å². The second-order valence-corrected chi connectivity index (χ2v) is 3.11. The van der Waals surface area contributed by atoms with Gasteiger partial charge in [0.15, 0.2) is 0 Å². The summed E-state index contributed by atoms with van der Waals surface area (Å²) in [5.41, 5.74) is 0.678. The zero-order valence-electron chi connectivity index (χ0n) is 7.54. The molecule has 0 atom stereocenters. The lowest BCUT2D eigenvalue weighted by Crippen LogP contribution is -1.98. The highest BCUT2D eigenvalue weighted by Crippen LogP contribution is 2.33. The number of hydrogen-bond donors (Lipinski definition) is 0. The number of nitrogens with zero attached hydrogens (tertiary/aromatic N) is 2. The maximum Gasteiger partial charge on any atom is 0.273 e. The fraction of sp³-hybridized carbons (Fsp3) is 0.111. The summed E-state index contributed by atoms with van der Waals surface area (Å²) in [4.78, 5) is 20.2. The molecular formula is C9H6N2O4. The average molecular weight is 206 g/mol. The first kappa shape index (κ1) is 9.32. The average Bonchev–Trinajstić information content (AvgIpc) is 2.59. The van der Waals surface area contributed by atoms with Crippen LogP contribution in [0, 0.1) is 20.2 Å².